The fourth-order valence-corrected chi connectivity index (χ4v) is 4.22. The minimum absolute atomic E-state index is 0.0382. The highest BCUT2D eigenvalue weighted by molar-refractivity contribution is 6.30. The molecule has 2 aliphatic rings. The van der Waals surface area contributed by atoms with Crippen LogP contribution in [0.4, 0.5) is 0 Å². The first-order valence-electron chi connectivity index (χ1n) is 11.3. The molecule has 0 aliphatic carbocycles. The van der Waals surface area contributed by atoms with Gasteiger partial charge < -0.3 is 14.2 Å². The number of hydrogen-bond donors (Lipinski definition) is 0. The lowest BCUT2D eigenvalue weighted by Gasteiger charge is -2.29. The second-order valence-corrected chi connectivity index (χ2v) is 8.79. The number of methoxy groups -OCH3 is 1. The van der Waals surface area contributed by atoms with Crippen LogP contribution >= 0.6 is 11.6 Å². The molecule has 2 aliphatic heterocycles. The number of imide groups is 1. The van der Waals surface area contributed by atoms with E-state index in [1.54, 1.807) is 43.3 Å². The maximum Gasteiger partial charge on any atom is 0.271 e. The SMILES string of the molecule is COc1cc(/C=C2/C(=O)N(CC3CCCO3)C(=O)C(C#N)=C2C)ccc1OCc1ccc(Cl)cc1. The lowest BCUT2D eigenvalue weighted by Crippen LogP contribution is -2.46. The van der Waals surface area contributed by atoms with Gasteiger partial charge in [-0.2, -0.15) is 5.26 Å². The Morgan fingerprint density at radius 3 is 2.60 bits per heavy atom. The Bertz CT molecular complexity index is 1240. The minimum Gasteiger partial charge on any atom is -0.493 e. The Morgan fingerprint density at radius 1 is 1.17 bits per heavy atom. The molecular formula is C27H25ClN2O5. The lowest BCUT2D eigenvalue weighted by molar-refractivity contribution is -0.142. The van der Waals surface area contributed by atoms with E-state index in [4.69, 9.17) is 25.8 Å². The molecule has 7 nitrogen and oxygen atoms in total. The van der Waals surface area contributed by atoms with Gasteiger partial charge >= 0.3 is 0 Å². The number of ether oxygens (including phenoxy) is 3. The van der Waals surface area contributed by atoms with Crippen LogP contribution in [0, 0.1) is 11.3 Å². The molecule has 2 amide bonds. The fourth-order valence-electron chi connectivity index (χ4n) is 4.09. The van der Waals surface area contributed by atoms with Crippen molar-refractivity contribution in [1.82, 2.24) is 4.90 Å². The molecule has 1 atom stereocenters. The third-order valence-corrected chi connectivity index (χ3v) is 6.29. The number of amides is 2. The Kier molecular flexibility index (Phi) is 7.54. The Hall–Kier alpha value is -3.60. The van der Waals surface area contributed by atoms with Gasteiger partial charge in [0.05, 0.1) is 19.8 Å². The minimum atomic E-state index is -0.578. The molecule has 1 unspecified atom stereocenters. The van der Waals surface area contributed by atoms with Crippen molar-refractivity contribution in [2.24, 2.45) is 0 Å². The topological polar surface area (TPSA) is 88.9 Å². The van der Waals surface area contributed by atoms with Crippen molar-refractivity contribution in [2.75, 3.05) is 20.3 Å². The van der Waals surface area contributed by atoms with E-state index in [9.17, 15) is 14.9 Å². The quantitative estimate of drug-likeness (QED) is 0.411. The summed E-state index contributed by atoms with van der Waals surface area (Å²) < 4.78 is 17.0. The van der Waals surface area contributed by atoms with E-state index in [0.29, 0.717) is 40.9 Å². The van der Waals surface area contributed by atoms with E-state index in [1.807, 2.05) is 18.2 Å². The molecule has 2 aromatic rings. The van der Waals surface area contributed by atoms with Crippen molar-refractivity contribution in [2.45, 2.75) is 32.5 Å². The summed E-state index contributed by atoms with van der Waals surface area (Å²) >= 11 is 5.93. The summed E-state index contributed by atoms with van der Waals surface area (Å²) in [7, 11) is 1.54. The molecule has 0 radical (unpaired) electrons. The zero-order valence-corrected chi connectivity index (χ0v) is 20.3. The fraction of sp³-hybridized carbons (Fsp3) is 0.296. The van der Waals surface area contributed by atoms with Gasteiger partial charge in [0, 0.05) is 17.2 Å². The number of halogens is 1. The normalized spacial score (nSPS) is 19.3. The predicted molar refractivity (Wildman–Crippen MR) is 131 cm³/mol. The molecule has 35 heavy (non-hydrogen) atoms. The Morgan fingerprint density at radius 2 is 1.94 bits per heavy atom. The summed E-state index contributed by atoms with van der Waals surface area (Å²) in [6, 6.07) is 14.6. The van der Waals surface area contributed by atoms with E-state index in [0.717, 1.165) is 23.3 Å². The van der Waals surface area contributed by atoms with Crippen molar-refractivity contribution >= 4 is 29.5 Å². The zero-order chi connectivity index (χ0) is 24.9. The second kappa shape index (κ2) is 10.8. The molecule has 2 aromatic carbocycles. The first-order chi connectivity index (χ1) is 16.9. The lowest BCUT2D eigenvalue weighted by atomic mass is 9.93. The van der Waals surface area contributed by atoms with E-state index < -0.39 is 11.8 Å². The van der Waals surface area contributed by atoms with Crippen LogP contribution in [0.25, 0.3) is 6.08 Å². The van der Waals surface area contributed by atoms with Gasteiger partial charge in [0.2, 0.25) is 0 Å². The van der Waals surface area contributed by atoms with E-state index in [1.165, 1.54) is 7.11 Å². The highest BCUT2D eigenvalue weighted by Gasteiger charge is 2.37. The van der Waals surface area contributed by atoms with Gasteiger partial charge in [-0.05, 0) is 66.8 Å². The summed E-state index contributed by atoms with van der Waals surface area (Å²) in [6.45, 7) is 2.69. The van der Waals surface area contributed by atoms with E-state index in [2.05, 4.69) is 0 Å². The average Bonchev–Trinajstić information content (AvgIpc) is 3.38. The molecule has 4 rings (SSSR count). The van der Waals surface area contributed by atoms with Gasteiger partial charge in [0.15, 0.2) is 11.5 Å². The van der Waals surface area contributed by atoms with Gasteiger partial charge in [-0.1, -0.05) is 29.8 Å². The number of hydrogen-bond acceptors (Lipinski definition) is 6. The molecule has 1 fully saturated rings. The smallest absolute Gasteiger partial charge is 0.271 e. The molecule has 0 N–H and O–H groups in total. The van der Waals surface area contributed by atoms with Gasteiger partial charge in [0.1, 0.15) is 18.2 Å². The third-order valence-electron chi connectivity index (χ3n) is 6.04. The van der Waals surface area contributed by atoms with Crippen LogP contribution < -0.4 is 9.47 Å². The van der Waals surface area contributed by atoms with Gasteiger partial charge in [-0.15, -0.1) is 0 Å². The van der Waals surface area contributed by atoms with Crippen molar-refractivity contribution in [3.8, 4) is 17.6 Å². The molecule has 1 saturated heterocycles. The van der Waals surface area contributed by atoms with Crippen molar-refractivity contribution < 1.29 is 23.8 Å². The van der Waals surface area contributed by atoms with Crippen molar-refractivity contribution in [1.29, 1.82) is 5.26 Å². The summed E-state index contributed by atoms with van der Waals surface area (Å²) in [5.74, 6) is 0.0148. The predicted octanol–water partition coefficient (Wildman–Crippen LogP) is 4.70. The molecule has 8 heteroatoms. The summed E-state index contributed by atoms with van der Waals surface area (Å²) in [5, 5.41) is 10.3. The molecule has 0 saturated carbocycles. The first-order valence-corrected chi connectivity index (χ1v) is 11.6. The highest BCUT2D eigenvalue weighted by Crippen LogP contribution is 2.32. The standard InChI is InChI=1S/C27H25ClN2O5/c1-17-22(26(31)30(27(32)23(17)14-29)15-21-4-3-11-34-21)12-19-7-10-24(25(13-19)33-2)35-16-18-5-8-20(28)9-6-18/h5-10,12-13,21H,3-4,11,15-16H2,1-2H3/b22-12+. The number of rotatable bonds is 7. The van der Waals surface area contributed by atoms with Crippen LogP contribution in [0.5, 0.6) is 11.5 Å². The number of benzene rings is 2. The monoisotopic (exact) mass is 492 g/mol. The maximum absolute atomic E-state index is 13.3. The van der Waals surface area contributed by atoms with Crippen LogP contribution in [-0.4, -0.2) is 43.1 Å². The number of nitriles is 1. The van der Waals surface area contributed by atoms with E-state index >= 15 is 0 Å². The molecule has 180 valence electrons. The third kappa shape index (κ3) is 5.40. The van der Waals surface area contributed by atoms with Crippen LogP contribution in [0.2, 0.25) is 5.02 Å². The molecular weight excluding hydrogens is 468 g/mol. The van der Waals surface area contributed by atoms with Crippen LogP contribution in [-0.2, 0) is 20.9 Å². The average molecular weight is 493 g/mol. The maximum atomic E-state index is 13.3. The van der Waals surface area contributed by atoms with Gasteiger partial charge in [-0.25, -0.2) is 0 Å². The van der Waals surface area contributed by atoms with Crippen LogP contribution in [0.3, 0.4) is 0 Å². The van der Waals surface area contributed by atoms with Gasteiger partial charge in [-0.3, -0.25) is 14.5 Å². The molecule has 2 heterocycles. The molecule has 0 aromatic heterocycles. The number of carbonyl (C=O) groups is 2. The van der Waals surface area contributed by atoms with Crippen molar-refractivity contribution in [3.63, 3.8) is 0 Å². The van der Waals surface area contributed by atoms with Crippen molar-refractivity contribution in [3.05, 3.63) is 75.3 Å². The zero-order valence-electron chi connectivity index (χ0n) is 19.5. The summed E-state index contributed by atoms with van der Waals surface area (Å²) in [4.78, 5) is 27.2. The summed E-state index contributed by atoms with van der Waals surface area (Å²) in [5.41, 5.74) is 2.23. The largest absolute Gasteiger partial charge is 0.493 e. The van der Waals surface area contributed by atoms with Gasteiger partial charge in [0.25, 0.3) is 11.8 Å². The summed E-state index contributed by atoms with van der Waals surface area (Å²) in [6.07, 6.45) is 3.11. The number of nitrogens with zero attached hydrogens (tertiary/aromatic N) is 2. The molecule has 0 spiro atoms. The second-order valence-electron chi connectivity index (χ2n) is 8.35. The Balaban J connectivity index is 1.60. The first kappa shape index (κ1) is 24.5. The van der Waals surface area contributed by atoms with Crippen LogP contribution in [0.15, 0.2) is 59.2 Å². The van der Waals surface area contributed by atoms with Crippen LogP contribution in [0.1, 0.15) is 30.9 Å². The number of carbonyl (C=O) groups excluding carboxylic acids is 2. The molecule has 0 bridgehead atoms. The van der Waals surface area contributed by atoms with E-state index in [-0.39, 0.29) is 23.8 Å². The highest BCUT2D eigenvalue weighted by atomic mass is 35.5. The Labute approximate surface area is 209 Å².